The van der Waals surface area contributed by atoms with E-state index in [2.05, 4.69) is 71.1 Å². The number of nitrogens with one attached hydrogen (secondary N) is 1. The van der Waals surface area contributed by atoms with Gasteiger partial charge in [0.1, 0.15) is 0 Å². The average Bonchev–Trinajstić information content (AvgIpc) is 2.42. The fraction of sp³-hybridized carbons (Fsp3) is 0.684. The van der Waals surface area contributed by atoms with Gasteiger partial charge in [0.05, 0.1) is 12.1 Å². The topological polar surface area (TPSA) is 21.3 Å². The zero-order valence-corrected chi connectivity index (χ0v) is 14.6. The van der Waals surface area contributed by atoms with Crippen LogP contribution in [0.2, 0.25) is 0 Å². The minimum Gasteiger partial charge on any atom is -0.376 e. The van der Waals surface area contributed by atoms with Gasteiger partial charge in [-0.3, -0.25) is 0 Å². The largest absolute Gasteiger partial charge is 0.376 e. The summed E-state index contributed by atoms with van der Waals surface area (Å²) in [6.07, 6.45) is 1.34. The highest BCUT2D eigenvalue weighted by atomic mass is 16.5. The third-order valence-electron chi connectivity index (χ3n) is 3.72. The predicted molar refractivity (Wildman–Crippen MR) is 91.7 cm³/mol. The van der Waals surface area contributed by atoms with Crippen molar-refractivity contribution in [1.82, 2.24) is 5.32 Å². The van der Waals surface area contributed by atoms with Crippen LogP contribution >= 0.6 is 0 Å². The molecule has 21 heavy (non-hydrogen) atoms. The second-order valence-electron chi connectivity index (χ2n) is 6.54. The number of ether oxygens (including phenoxy) is 1. The van der Waals surface area contributed by atoms with Gasteiger partial charge in [0.25, 0.3) is 0 Å². The van der Waals surface area contributed by atoms with Crippen LogP contribution in [0.25, 0.3) is 0 Å². The van der Waals surface area contributed by atoms with Gasteiger partial charge < -0.3 is 10.1 Å². The molecule has 0 aliphatic heterocycles. The minimum absolute atomic E-state index is 0.212. The predicted octanol–water partition coefficient (Wildman–Crippen LogP) is 4.60. The van der Waals surface area contributed by atoms with Crippen LogP contribution in [-0.4, -0.2) is 19.3 Å². The van der Waals surface area contributed by atoms with Crippen molar-refractivity contribution in [3.63, 3.8) is 0 Å². The molecule has 0 heterocycles. The van der Waals surface area contributed by atoms with E-state index >= 15 is 0 Å². The zero-order chi connectivity index (χ0) is 15.8. The number of hydrogen-bond acceptors (Lipinski definition) is 2. The fourth-order valence-corrected chi connectivity index (χ4v) is 2.89. The minimum atomic E-state index is 0.212. The maximum atomic E-state index is 6.03. The molecule has 0 radical (unpaired) electrons. The van der Waals surface area contributed by atoms with Crippen LogP contribution in [0.1, 0.15) is 58.7 Å². The normalized spacial score (nSPS) is 14.7. The van der Waals surface area contributed by atoms with Gasteiger partial charge in [0.2, 0.25) is 0 Å². The summed E-state index contributed by atoms with van der Waals surface area (Å²) in [7, 11) is 0. The molecule has 1 N–H and O–H groups in total. The first-order valence-electron chi connectivity index (χ1n) is 8.43. The van der Waals surface area contributed by atoms with E-state index in [1.54, 1.807) is 0 Å². The molecule has 1 aromatic carbocycles. The van der Waals surface area contributed by atoms with Gasteiger partial charge in [0, 0.05) is 6.61 Å². The van der Waals surface area contributed by atoms with Crippen molar-refractivity contribution in [2.24, 2.45) is 11.8 Å². The Hall–Kier alpha value is -0.860. The van der Waals surface area contributed by atoms with Crippen molar-refractivity contribution in [2.45, 2.75) is 60.1 Å². The molecule has 1 aromatic rings. The van der Waals surface area contributed by atoms with E-state index in [0.29, 0.717) is 11.8 Å². The Bertz CT molecular complexity index is 400. The standard InChI is InChI=1S/C19H33NO/c1-7-20-18(19(15(5)6)21-8-2)17-11-9-10-16(13-17)12-14(3)4/h9-11,13-15,18-20H,7-8,12H2,1-6H3. The molecule has 0 aliphatic rings. The van der Waals surface area contributed by atoms with Gasteiger partial charge in [-0.2, -0.15) is 0 Å². The Morgan fingerprint density at radius 2 is 1.81 bits per heavy atom. The SMILES string of the molecule is CCNC(c1cccc(CC(C)C)c1)C(OCC)C(C)C. The number of rotatable bonds is 9. The van der Waals surface area contributed by atoms with E-state index in [1.807, 2.05) is 0 Å². The Labute approximate surface area is 131 Å². The van der Waals surface area contributed by atoms with Crippen molar-refractivity contribution in [3.05, 3.63) is 35.4 Å². The molecule has 0 aromatic heterocycles. The molecule has 120 valence electrons. The van der Waals surface area contributed by atoms with E-state index in [1.165, 1.54) is 11.1 Å². The van der Waals surface area contributed by atoms with Crippen LogP contribution in [0, 0.1) is 11.8 Å². The second-order valence-corrected chi connectivity index (χ2v) is 6.54. The van der Waals surface area contributed by atoms with Gasteiger partial charge in [0.15, 0.2) is 0 Å². The Kier molecular flexibility index (Phi) is 7.98. The summed E-state index contributed by atoms with van der Waals surface area (Å²) in [5.41, 5.74) is 2.77. The molecule has 0 spiro atoms. The van der Waals surface area contributed by atoms with E-state index < -0.39 is 0 Å². The molecule has 0 amide bonds. The molecule has 0 fully saturated rings. The van der Waals surface area contributed by atoms with Crippen LogP contribution in [-0.2, 0) is 11.2 Å². The third-order valence-corrected chi connectivity index (χ3v) is 3.72. The average molecular weight is 291 g/mol. The highest BCUT2D eigenvalue weighted by molar-refractivity contribution is 5.27. The highest BCUT2D eigenvalue weighted by Gasteiger charge is 2.26. The zero-order valence-electron chi connectivity index (χ0n) is 14.6. The van der Waals surface area contributed by atoms with Gasteiger partial charge in [-0.15, -0.1) is 0 Å². The first kappa shape index (κ1) is 18.2. The maximum absolute atomic E-state index is 6.03. The Morgan fingerprint density at radius 1 is 1.10 bits per heavy atom. The smallest absolute Gasteiger partial charge is 0.0792 e. The van der Waals surface area contributed by atoms with Gasteiger partial charge in [-0.1, -0.05) is 58.9 Å². The number of likely N-dealkylation sites (N-methyl/N-ethyl adjacent to an activating group) is 1. The van der Waals surface area contributed by atoms with Crippen LogP contribution in [0.15, 0.2) is 24.3 Å². The van der Waals surface area contributed by atoms with E-state index in [4.69, 9.17) is 4.74 Å². The van der Waals surface area contributed by atoms with Crippen LogP contribution in [0.4, 0.5) is 0 Å². The molecule has 2 unspecified atom stereocenters. The summed E-state index contributed by atoms with van der Waals surface area (Å²) in [6.45, 7) is 15.0. The fourth-order valence-electron chi connectivity index (χ4n) is 2.89. The monoisotopic (exact) mass is 291 g/mol. The van der Waals surface area contributed by atoms with E-state index in [0.717, 1.165) is 19.6 Å². The lowest BCUT2D eigenvalue weighted by Gasteiger charge is -2.31. The lowest BCUT2D eigenvalue weighted by Crippen LogP contribution is -2.37. The third kappa shape index (κ3) is 5.80. The van der Waals surface area contributed by atoms with Crippen LogP contribution in [0.3, 0.4) is 0 Å². The Balaban J connectivity index is 3.03. The molecule has 0 aliphatic carbocycles. The summed E-state index contributed by atoms with van der Waals surface area (Å²) in [5.74, 6) is 1.17. The van der Waals surface area contributed by atoms with Crippen molar-refractivity contribution in [2.75, 3.05) is 13.2 Å². The quantitative estimate of drug-likeness (QED) is 0.718. The molecule has 0 saturated heterocycles. The van der Waals surface area contributed by atoms with Crippen molar-refractivity contribution in [1.29, 1.82) is 0 Å². The molecule has 2 heteroatoms. The van der Waals surface area contributed by atoms with Crippen molar-refractivity contribution < 1.29 is 4.74 Å². The highest BCUT2D eigenvalue weighted by Crippen LogP contribution is 2.26. The molecule has 0 saturated carbocycles. The molecule has 1 rings (SSSR count). The molecule has 2 atom stereocenters. The lowest BCUT2D eigenvalue weighted by molar-refractivity contribution is 0.00316. The number of benzene rings is 1. The first-order valence-corrected chi connectivity index (χ1v) is 8.43. The summed E-state index contributed by atoms with van der Waals surface area (Å²) in [5, 5.41) is 3.62. The molecule has 2 nitrogen and oxygen atoms in total. The van der Waals surface area contributed by atoms with Gasteiger partial charge in [-0.25, -0.2) is 0 Å². The second kappa shape index (κ2) is 9.22. The summed E-state index contributed by atoms with van der Waals surface area (Å²) < 4.78 is 6.03. The van der Waals surface area contributed by atoms with Crippen LogP contribution < -0.4 is 5.32 Å². The van der Waals surface area contributed by atoms with Gasteiger partial charge in [-0.05, 0) is 42.9 Å². The summed E-state index contributed by atoms with van der Waals surface area (Å²) in [6, 6.07) is 9.26. The number of hydrogen-bond donors (Lipinski definition) is 1. The summed E-state index contributed by atoms with van der Waals surface area (Å²) >= 11 is 0. The van der Waals surface area contributed by atoms with E-state index in [-0.39, 0.29) is 12.1 Å². The van der Waals surface area contributed by atoms with Crippen LogP contribution in [0.5, 0.6) is 0 Å². The van der Waals surface area contributed by atoms with Gasteiger partial charge >= 0.3 is 0 Å². The lowest BCUT2D eigenvalue weighted by atomic mass is 9.91. The summed E-state index contributed by atoms with van der Waals surface area (Å²) in [4.78, 5) is 0. The van der Waals surface area contributed by atoms with Crippen molar-refractivity contribution >= 4 is 0 Å². The Morgan fingerprint density at radius 3 is 2.33 bits per heavy atom. The molecular weight excluding hydrogens is 258 g/mol. The van der Waals surface area contributed by atoms with Crippen molar-refractivity contribution in [3.8, 4) is 0 Å². The molecular formula is C19H33NO. The first-order chi connectivity index (χ1) is 9.99. The molecule has 0 bridgehead atoms. The van der Waals surface area contributed by atoms with E-state index in [9.17, 15) is 0 Å². The maximum Gasteiger partial charge on any atom is 0.0792 e.